The van der Waals surface area contributed by atoms with E-state index < -0.39 is 0 Å². The zero-order valence-corrected chi connectivity index (χ0v) is 21.7. The number of ketones is 1. The molecule has 5 heteroatoms. The Labute approximate surface area is 214 Å². The van der Waals surface area contributed by atoms with E-state index in [0.29, 0.717) is 45.2 Å². The lowest BCUT2D eigenvalue weighted by atomic mass is 9.73. The van der Waals surface area contributed by atoms with Crippen molar-refractivity contribution < 1.29 is 24.1 Å². The minimum Gasteiger partial charge on any atom is -0.394 e. The lowest BCUT2D eigenvalue weighted by Gasteiger charge is -2.29. The van der Waals surface area contributed by atoms with Gasteiger partial charge < -0.3 is 19.3 Å². The maximum absolute atomic E-state index is 12.7. The predicted molar refractivity (Wildman–Crippen MR) is 142 cm³/mol. The molecule has 0 atom stereocenters. The van der Waals surface area contributed by atoms with Crippen molar-refractivity contribution in [3.05, 3.63) is 93.5 Å². The van der Waals surface area contributed by atoms with Gasteiger partial charge in [-0.05, 0) is 67.1 Å². The van der Waals surface area contributed by atoms with Crippen LogP contribution in [0.15, 0.2) is 54.6 Å². The lowest BCUT2D eigenvalue weighted by Crippen LogP contribution is -2.23. The van der Waals surface area contributed by atoms with Gasteiger partial charge in [0.05, 0.1) is 46.2 Å². The Balaban J connectivity index is 1.55. The molecule has 36 heavy (non-hydrogen) atoms. The third kappa shape index (κ3) is 5.30. The van der Waals surface area contributed by atoms with Gasteiger partial charge in [0.25, 0.3) is 0 Å². The fourth-order valence-corrected chi connectivity index (χ4v) is 5.10. The van der Waals surface area contributed by atoms with Gasteiger partial charge in [0.2, 0.25) is 0 Å². The number of hydrogen-bond acceptors (Lipinski definition) is 5. The molecule has 190 valence electrons. The first-order valence-electron chi connectivity index (χ1n) is 12.6. The fraction of sp³-hybridized carbons (Fsp3) is 0.387. The van der Waals surface area contributed by atoms with E-state index in [9.17, 15) is 4.79 Å². The minimum absolute atomic E-state index is 0.0117. The van der Waals surface area contributed by atoms with Crippen molar-refractivity contribution >= 4 is 5.78 Å². The van der Waals surface area contributed by atoms with Crippen LogP contribution in [-0.2, 0) is 26.2 Å². The molecule has 0 aliphatic heterocycles. The quantitative estimate of drug-likeness (QED) is 0.274. The van der Waals surface area contributed by atoms with Crippen LogP contribution in [0.25, 0.3) is 11.1 Å². The van der Waals surface area contributed by atoms with Crippen molar-refractivity contribution in [1.82, 2.24) is 0 Å². The van der Waals surface area contributed by atoms with E-state index in [1.54, 1.807) is 6.92 Å². The number of rotatable bonds is 12. The molecule has 0 radical (unpaired) electrons. The summed E-state index contributed by atoms with van der Waals surface area (Å²) in [5, 5.41) is 8.70. The second kappa shape index (κ2) is 11.5. The van der Waals surface area contributed by atoms with E-state index in [1.807, 2.05) is 6.07 Å². The molecule has 0 saturated carbocycles. The summed E-state index contributed by atoms with van der Waals surface area (Å²) in [7, 11) is 0. The van der Waals surface area contributed by atoms with Crippen molar-refractivity contribution in [2.24, 2.45) is 0 Å². The van der Waals surface area contributed by atoms with Crippen LogP contribution in [0.3, 0.4) is 0 Å². The van der Waals surface area contributed by atoms with Gasteiger partial charge in [-0.1, -0.05) is 59.7 Å². The Bertz CT molecular complexity index is 1180. The van der Waals surface area contributed by atoms with E-state index in [2.05, 4.69) is 69.3 Å². The van der Waals surface area contributed by atoms with E-state index in [4.69, 9.17) is 19.3 Å². The number of hydrogen-bond donors (Lipinski definition) is 1. The molecule has 0 heterocycles. The summed E-state index contributed by atoms with van der Waals surface area (Å²) in [5.74, 6) is 0.0308. The van der Waals surface area contributed by atoms with Crippen LogP contribution in [0.4, 0.5) is 0 Å². The summed E-state index contributed by atoms with van der Waals surface area (Å²) in [6, 6.07) is 19.6. The molecule has 0 fully saturated rings. The molecule has 0 saturated heterocycles. The average molecular weight is 489 g/mol. The van der Waals surface area contributed by atoms with Crippen LogP contribution in [-0.4, -0.2) is 50.5 Å². The maximum Gasteiger partial charge on any atom is 0.160 e. The van der Waals surface area contributed by atoms with Crippen LogP contribution in [0.2, 0.25) is 0 Å². The lowest BCUT2D eigenvalue weighted by molar-refractivity contribution is 0.00443. The molecule has 0 bridgehead atoms. The first-order chi connectivity index (χ1) is 17.4. The standard InChI is InChI=1S/C31H36O5/c1-21-5-9-26-27-10-6-22(2)18-30(27)31(4,29(26)17-21)25-8-7-24(28(19-25)23(3)33)20-36-16-15-35-14-13-34-12-11-32/h5-10,17-19,32H,11-16,20H2,1-4H3. The zero-order chi connectivity index (χ0) is 25.7. The van der Waals surface area contributed by atoms with Crippen LogP contribution in [0.5, 0.6) is 0 Å². The van der Waals surface area contributed by atoms with E-state index in [0.717, 1.165) is 11.1 Å². The molecule has 0 spiro atoms. The summed E-state index contributed by atoms with van der Waals surface area (Å²) in [6.45, 7) is 10.6. The van der Waals surface area contributed by atoms with Gasteiger partial charge in [0.1, 0.15) is 0 Å². The third-order valence-corrected chi connectivity index (χ3v) is 7.02. The van der Waals surface area contributed by atoms with Crippen LogP contribution >= 0.6 is 0 Å². The highest BCUT2D eigenvalue weighted by Gasteiger charge is 2.41. The molecule has 0 amide bonds. The van der Waals surface area contributed by atoms with Gasteiger partial charge in [-0.25, -0.2) is 0 Å². The number of Topliss-reactive ketones (excluding diaryl/α,β-unsaturated/α-hetero) is 1. The van der Waals surface area contributed by atoms with Gasteiger partial charge in [-0.3, -0.25) is 4.79 Å². The number of fused-ring (bicyclic) bond motifs is 3. The van der Waals surface area contributed by atoms with Crippen LogP contribution in [0.1, 0.15) is 57.6 Å². The SMILES string of the molecule is CC(=O)c1cc(C2(C)c3cc(C)ccc3-c3ccc(C)cc32)ccc1COCCOCCOCCO. The van der Waals surface area contributed by atoms with Crippen molar-refractivity contribution in [2.75, 3.05) is 39.6 Å². The first kappa shape index (κ1) is 26.2. The van der Waals surface area contributed by atoms with Crippen molar-refractivity contribution in [1.29, 1.82) is 0 Å². The summed E-state index contributed by atoms with van der Waals surface area (Å²) in [4.78, 5) is 12.7. The predicted octanol–water partition coefficient (Wildman–Crippen LogP) is 5.38. The first-order valence-corrected chi connectivity index (χ1v) is 12.6. The molecule has 1 aliphatic carbocycles. The maximum atomic E-state index is 12.7. The van der Waals surface area contributed by atoms with Crippen molar-refractivity contribution in [3.8, 4) is 11.1 Å². The molecule has 1 N–H and O–H groups in total. The number of aryl methyl sites for hydroxylation is 2. The Morgan fingerprint density at radius 1 is 0.778 bits per heavy atom. The van der Waals surface area contributed by atoms with E-state index in [-0.39, 0.29) is 17.8 Å². The zero-order valence-electron chi connectivity index (χ0n) is 21.7. The van der Waals surface area contributed by atoms with Gasteiger partial charge >= 0.3 is 0 Å². The van der Waals surface area contributed by atoms with E-state index >= 15 is 0 Å². The van der Waals surface area contributed by atoms with Crippen LogP contribution < -0.4 is 0 Å². The van der Waals surface area contributed by atoms with Crippen molar-refractivity contribution in [3.63, 3.8) is 0 Å². The molecular formula is C31H36O5. The topological polar surface area (TPSA) is 65.0 Å². The molecule has 5 nitrogen and oxygen atoms in total. The molecule has 4 rings (SSSR count). The van der Waals surface area contributed by atoms with Crippen molar-refractivity contribution in [2.45, 2.75) is 39.7 Å². The summed E-state index contributed by atoms with van der Waals surface area (Å²) in [6.07, 6.45) is 0. The number of carbonyl (C=O) groups excluding carboxylic acids is 1. The molecular weight excluding hydrogens is 452 g/mol. The largest absolute Gasteiger partial charge is 0.394 e. The summed E-state index contributed by atoms with van der Waals surface area (Å²) >= 11 is 0. The smallest absolute Gasteiger partial charge is 0.160 e. The van der Waals surface area contributed by atoms with Gasteiger partial charge in [0, 0.05) is 11.0 Å². The number of carbonyl (C=O) groups is 1. The Kier molecular flexibility index (Phi) is 8.37. The number of benzene rings is 3. The molecule has 1 aliphatic rings. The number of aliphatic hydroxyl groups is 1. The van der Waals surface area contributed by atoms with Gasteiger partial charge in [-0.15, -0.1) is 0 Å². The second-order valence-corrected chi connectivity index (χ2v) is 9.65. The van der Waals surface area contributed by atoms with Gasteiger partial charge in [-0.2, -0.15) is 0 Å². The normalized spacial score (nSPS) is 13.5. The summed E-state index contributed by atoms with van der Waals surface area (Å²) in [5.41, 5.74) is 9.87. The fourth-order valence-electron chi connectivity index (χ4n) is 5.10. The average Bonchev–Trinajstić information content (AvgIpc) is 3.11. The third-order valence-electron chi connectivity index (χ3n) is 7.02. The Hall–Kier alpha value is -2.83. The Morgan fingerprint density at radius 2 is 1.33 bits per heavy atom. The molecule has 0 unspecified atom stereocenters. The molecule has 3 aromatic rings. The highest BCUT2D eigenvalue weighted by Crippen LogP contribution is 2.53. The minimum atomic E-state index is -0.349. The molecule has 3 aromatic carbocycles. The highest BCUT2D eigenvalue weighted by molar-refractivity contribution is 5.96. The molecule has 0 aromatic heterocycles. The van der Waals surface area contributed by atoms with Crippen LogP contribution in [0, 0.1) is 13.8 Å². The highest BCUT2D eigenvalue weighted by atomic mass is 16.5. The Morgan fingerprint density at radius 3 is 1.89 bits per heavy atom. The number of ether oxygens (including phenoxy) is 3. The van der Waals surface area contributed by atoms with E-state index in [1.165, 1.54) is 33.4 Å². The second-order valence-electron chi connectivity index (χ2n) is 9.65. The monoisotopic (exact) mass is 488 g/mol. The van der Waals surface area contributed by atoms with Gasteiger partial charge in [0.15, 0.2) is 5.78 Å². The number of aliphatic hydroxyl groups excluding tert-OH is 1. The summed E-state index contributed by atoms with van der Waals surface area (Å²) < 4.78 is 16.5.